The van der Waals surface area contributed by atoms with Gasteiger partial charge >= 0.3 is 11.7 Å². The number of carbonyl (C=O) groups is 1. The third-order valence-electron chi connectivity index (χ3n) is 5.51. The summed E-state index contributed by atoms with van der Waals surface area (Å²) in [5, 5.41) is 7.10. The van der Waals surface area contributed by atoms with Crippen LogP contribution in [0.25, 0.3) is 5.82 Å². The number of nitrogens with zero attached hydrogens (tertiary/aromatic N) is 5. The van der Waals surface area contributed by atoms with Gasteiger partial charge in [0.25, 0.3) is 0 Å². The zero-order valence-corrected chi connectivity index (χ0v) is 20.9. The van der Waals surface area contributed by atoms with E-state index in [1.807, 2.05) is 36.4 Å². The fourth-order valence-electron chi connectivity index (χ4n) is 3.77. The molecule has 0 radical (unpaired) electrons. The summed E-state index contributed by atoms with van der Waals surface area (Å²) in [7, 11) is 0. The van der Waals surface area contributed by atoms with Gasteiger partial charge in [0, 0.05) is 26.1 Å². The van der Waals surface area contributed by atoms with Crippen molar-refractivity contribution in [2.45, 2.75) is 26.4 Å². The van der Waals surface area contributed by atoms with Crippen molar-refractivity contribution in [1.29, 1.82) is 0 Å². The highest BCUT2D eigenvalue weighted by molar-refractivity contribution is 5.71. The highest BCUT2D eigenvalue weighted by Crippen LogP contribution is 2.26. The number of esters is 1. The van der Waals surface area contributed by atoms with Crippen molar-refractivity contribution >= 4 is 11.8 Å². The molecular weight excluding hydrogens is 490 g/mol. The molecule has 11 heteroatoms. The average molecular weight is 518 g/mol. The van der Waals surface area contributed by atoms with E-state index in [-0.39, 0.29) is 29.9 Å². The first-order chi connectivity index (χ1) is 18.6. The number of ether oxygens (including phenoxy) is 2. The molecule has 0 unspecified atom stereocenters. The predicted molar refractivity (Wildman–Crippen MR) is 138 cm³/mol. The van der Waals surface area contributed by atoms with E-state index in [1.54, 1.807) is 6.92 Å². The monoisotopic (exact) mass is 517 g/mol. The fraction of sp³-hybridized carbons (Fsp3) is 0.259. The van der Waals surface area contributed by atoms with Gasteiger partial charge in [-0.1, -0.05) is 60.7 Å². The molecule has 0 fully saturated rings. The van der Waals surface area contributed by atoms with Gasteiger partial charge in [0.1, 0.15) is 0 Å². The minimum atomic E-state index is -0.748. The minimum absolute atomic E-state index is 0.0222. The maximum Gasteiger partial charge on any atom is 0.443 e. The molecule has 11 nitrogen and oxygen atoms in total. The van der Waals surface area contributed by atoms with Crippen LogP contribution in [0.15, 0.2) is 87.2 Å². The van der Waals surface area contributed by atoms with Crippen LogP contribution < -0.4 is 10.5 Å². The van der Waals surface area contributed by atoms with Gasteiger partial charge < -0.3 is 13.9 Å². The molecule has 0 saturated heterocycles. The van der Waals surface area contributed by atoms with Crippen molar-refractivity contribution in [2.75, 3.05) is 19.8 Å². The van der Waals surface area contributed by atoms with Gasteiger partial charge in [-0.2, -0.15) is 0 Å². The fourth-order valence-corrected chi connectivity index (χ4v) is 3.77. The van der Waals surface area contributed by atoms with Gasteiger partial charge in [-0.05, 0) is 35.4 Å². The Morgan fingerprint density at radius 1 is 1.00 bits per heavy atom. The summed E-state index contributed by atoms with van der Waals surface area (Å²) in [5.74, 6) is -1.44. The molecule has 0 spiro atoms. The summed E-state index contributed by atoms with van der Waals surface area (Å²) < 4.78 is 16.4. The Labute approximate surface area is 218 Å². The van der Waals surface area contributed by atoms with E-state index in [4.69, 9.17) is 13.9 Å². The first-order valence-corrected chi connectivity index (χ1v) is 12.1. The SMILES string of the molecule is CCOC(=O)COc1ccc(-n2nc(CCN(Cc3ccccc3)Cc3ccccc3)oc2=O)nc1N=O. The van der Waals surface area contributed by atoms with Crippen LogP contribution in [0.5, 0.6) is 5.75 Å². The van der Waals surface area contributed by atoms with Crippen molar-refractivity contribution in [3.63, 3.8) is 0 Å². The molecule has 0 atom stereocenters. The molecular formula is C27H27N5O6. The largest absolute Gasteiger partial charge is 0.478 e. The minimum Gasteiger partial charge on any atom is -0.478 e. The molecule has 0 aliphatic carbocycles. The zero-order valence-electron chi connectivity index (χ0n) is 20.9. The highest BCUT2D eigenvalue weighted by atomic mass is 16.6. The van der Waals surface area contributed by atoms with Crippen molar-refractivity contribution in [3.8, 4) is 11.6 Å². The Balaban J connectivity index is 1.46. The molecule has 2 aromatic heterocycles. The first kappa shape index (κ1) is 26.4. The summed E-state index contributed by atoms with van der Waals surface area (Å²) in [6.45, 7) is 3.47. The van der Waals surface area contributed by atoms with Crippen LogP contribution in [0.1, 0.15) is 23.9 Å². The van der Waals surface area contributed by atoms with Crippen LogP contribution >= 0.6 is 0 Å². The smallest absolute Gasteiger partial charge is 0.443 e. The summed E-state index contributed by atoms with van der Waals surface area (Å²) in [6, 6.07) is 23.0. The van der Waals surface area contributed by atoms with E-state index in [0.29, 0.717) is 26.1 Å². The molecule has 4 aromatic rings. The molecule has 0 bridgehead atoms. The lowest BCUT2D eigenvalue weighted by Crippen LogP contribution is -2.25. The van der Waals surface area contributed by atoms with Gasteiger partial charge in [0.15, 0.2) is 18.2 Å². The number of nitroso groups, excluding NO2 is 1. The van der Waals surface area contributed by atoms with Crippen LogP contribution in [-0.2, 0) is 29.0 Å². The Bertz CT molecular complexity index is 1360. The summed E-state index contributed by atoms with van der Waals surface area (Å²) in [5.41, 5.74) is 2.33. The molecule has 4 rings (SSSR count). The molecule has 196 valence electrons. The Kier molecular flexibility index (Phi) is 9.08. The van der Waals surface area contributed by atoms with Crippen molar-refractivity contribution in [2.24, 2.45) is 5.18 Å². The third-order valence-corrected chi connectivity index (χ3v) is 5.51. The average Bonchev–Trinajstić information content (AvgIpc) is 3.32. The molecule has 0 saturated carbocycles. The Morgan fingerprint density at radius 3 is 2.26 bits per heavy atom. The standard InChI is InChI=1S/C27H27N5O6/c1-2-36-25(33)19-37-22-13-14-23(28-26(22)30-35)32-27(34)38-24(29-32)15-16-31(17-20-9-5-3-6-10-20)18-21-11-7-4-8-12-21/h3-14H,2,15-19H2,1H3. The number of hydrogen-bond donors (Lipinski definition) is 0. The zero-order chi connectivity index (χ0) is 26.7. The third kappa shape index (κ3) is 7.20. The van der Waals surface area contributed by atoms with Gasteiger partial charge in [-0.15, -0.1) is 14.7 Å². The number of rotatable bonds is 13. The van der Waals surface area contributed by atoms with Crippen molar-refractivity contribution in [3.05, 3.63) is 105 Å². The summed E-state index contributed by atoms with van der Waals surface area (Å²) in [6.07, 6.45) is 0.376. The van der Waals surface area contributed by atoms with E-state index >= 15 is 0 Å². The van der Waals surface area contributed by atoms with E-state index < -0.39 is 18.3 Å². The molecule has 38 heavy (non-hydrogen) atoms. The number of aromatic nitrogens is 3. The molecule has 0 aliphatic heterocycles. The van der Waals surface area contributed by atoms with Crippen LogP contribution in [-0.4, -0.2) is 45.4 Å². The van der Waals surface area contributed by atoms with Crippen molar-refractivity contribution in [1.82, 2.24) is 19.7 Å². The topological polar surface area (TPSA) is 129 Å². The number of pyridine rings is 1. The molecule has 2 heterocycles. The van der Waals surface area contributed by atoms with E-state index in [2.05, 4.69) is 44.4 Å². The second-order valence-electron chi connectivity index (χ2n) is 8.28. The molecule has 0 N–H and O–H groups in total. The van der Waals surface area contributed by atoms with Crippen LogP contribution in [0.2, 0.25) is 0 Å². The van der Waals surface area contributed by atoms with Gasteiger partial charge in [0.05, 0.1) is 6.61 Å². The molecule has 2 aromatic carbocycles. The lowest BCUT2D eigenvalue weighted by Gasteiger charge is -2.22. The second kappa shape index (κ2) is 13.1. The summed E-state index contributed by atoms with van der Waals surface area (Å²) >= 11 is 0. The number of carbonyl (C=O) groups excluding carboxylic acids is 1. The van der Waals surface area contributed by atoms with E-state index in [1.165, 1.54) is 23.3 Å². The van der Waals surface area contributed by atoms with Crippen molar-refractivity contribution < 1.29 is 18.7 Å². The summed E-state index contributed by atoms with van der Waals surface area (Å²) in [4.78, 5) is 41.6. The lowest BCUT2D eigenvalue weighted by molar-refractivity contribution is -0.145. The van der Waals surface area contributed by atoms with Gasteiger partial charge in [-0.25, -0.2) is 14.6 Å². The lowest BCUT2D eigenvalue weighted by atomic mass is 10.1. The van der Waals surface area contributed by atoms with Gasteiger partial charge in [0.2, 0.25) is 11.7 Å². The number of hydrogen-bond acceptors (Lipinski definition) is 10. The van der Waals surface area contributed by atoms with E-state index in [9.17, 15) is 14.5 Å². The second-order valence-corrected chi connectivity index (χ2v) is 8.28. The molecule has 0 aliphatic rings. The first-order valence-electron chi connectivity index (χ1n) is 12.1. The normalized spacial score (nSPS) is 10.9. The number of benzene rings is 2. The highest BCUT2D eigenvalue weighted by Gasteiger charge is 2.17. The van der Waals surface area contributed by atoms with Crippen LogP contribution in [0, 0.1) is 4.91 Å². The Hall–Kier alpha value is -4.64. The maximum atomic E-state index is 12.5. The predicted octanol–water partition coefficient (Wildman–Crippen LogP) is 3.81. The quantitative estimate of drug-likeness (QED) is 0.192. The molecule has 0 amide bonds. The maximum absolute atomic E-state index is 12.5. The van der Waals surface area contributed by atoms with Gasteiger partial charge in [-0.3, -0.25) is 4.90 Å². The van der Waals surface area contributed by atoms with E-state index in [0.717, 1.165) is 4.68 Å². The van der Waals surface area contributed by atoms with Crippen LogP contribution in [0.3, 0.4) is 0 Å². The van der Waals surface area contributed by atoms with Crippen LogP contribution in [0.4, 0.5) is 5.82 Å². The Morgan fingerprint density at radius 2 is 1.66 bits per heavy atom.